The number of rotatable bonds is 8. The Morgan fingerprint density at radius 1 is 1.12 bits per heavy atom. The summed E-state index contributed by atoms with van der Waals surface area (Å²) in [7, 11) is -2.17. The standard InChI is InChI=1S/C19H24N2O4S/c1-5-10-25-17-9-8-16(12-18(17)24-4)13-20-21-26(22,23)19-11-14(2)6-7-15(19)3/h6-9,11-13,21H,5,10H2,1-4H3/b20-13-. The molecule has 0 unspecified atom stereocenters. The van der Waals surface area contributed by atoms with Crippen molar-refractivity contribution in [1.82, 2.24) is 4.83 Å². The summed E-state index contributed by atoms with van der Waals surface area (Å²) in [6.45, 7) is 6.21. The summed E-state index contributed by atoms with van der Waals surface area (Å²) < 4.78 is 35.7. The molecule has 2 rings (SSSR count). The molecule has 26 heavy (non-hydrogen) atoms. The van der Waals surface area contributed by atoms with Crippen LogP contribution in [0.1, 0.15) is 30.0 Å². The van der Waals surface area contributed by atoms with Crippen LogP contribution in [-0.2, 0) is 10.0 Å². The van der Waals surface area contributed by atoms with Crippen LogP contribution in [-0.4, -0.2) is 28.3 Å². The lowest BCUT2D eigenvalue weighted by atomic mass is 10.2. The fraction of sp³-hybridized carbons (Fsp3) is 0.316. The molecule has 0 aliphatic heterocycles. The zero-order valence-electron chi connectivity index (χ0n) is 15.4. The number of nitrogens with one attached hydrogen (secondary N) is 1. The number of hydrogen-bond donors (Lipinski definition) is 1. The lowest BCUT2D eigenvalue weighted by molar-refractivity contribution is 0.294. The average molecular weight is 376 g/mol. The van der Waals surface area contributed by atoms with Gasteiger partial charge in [0.05, 0.1) is 24.8 Å². The van der Waals surface area contributed by atoms with Gasteiger partial charge in [0.1, 0.15) is 0 Å². The average Bonchev–Trinajstić information content (AvgIpc) is 2.62. The van der Waals surface area contributed by atoms with Crippen molar-refractivity contribution in [2.75, 3.05) is 13.7 Å². The lowest BCUT2D eigenvalue weighted by Crippen LogP contribution is -2.19. The number of sulfonamides is 1. The zero-order valence-corrected chi connectivity index (χ0v) is 16.3. The Bertz CT molecular complexity index is 892. The fourth-order valence-corrected chi connectivity index (χ4v) is 3.43. The Morgan fingerprint density at radius 3 is 2.58 bits per heavy atom. The van der Waals surface area contributed by atoms with E-state index in [1.165, 1.54) is 6.21 Å². The highest BCUT2D eigenvalue weighted by Crippen LogP contribution is 2.27. The van der Waals surface area contributed by atoms with Gasteiger partial charge in [-0.3, -0.25) is 0 Å². The molecular formula is C19H24N2O4S. The van der Waals surface area contributed by atoms with Gasteiger partial charge in [-0.1, -0.05) is 19.1 Å². The molecule has 0 spiro atoms. The zero-order chi connectivity index (χ0) is 19.2. The molecule has 2 aromatic rings. The van der Waals surface area contributed by atoms with Crippen LogP contribution >= 0.6 is 0 Å². The summed E-state index contributed by atoms with van der Waals surface area (Å²) in [6.07, 6.45) is 2.32. The maximum Gasteiger partial charge on any atom is 0.276 e. The van der Waals surface area contributed by atoms with Gasteiger partial charge in [0.2, 0.25) is 0 Å². The molecule has 0 aliphatic carbocycles. The Kier molecular flexibility index (Phi) is 6.63. The highest BCUT2D eigenvalue weighted by atomic mass is 32.2. The highest BCUT2D eigenvalue weighted by molar-refractivity contribution is 7.89. The van der Waals surface area contributed by atoms with Gasteiger partial charge in [-0.2, -0.15) is 13.5 Å². The Balaban J connectivity index is 2.15. The number of nitrogens with zero attached hydrogens (tertiary/aromatic N) is 1. The molecule has 0 aliphatic rings. The molecular weight excluding hydrogens is 352 g/mol. The third kappa shape index (κ3) is 4.98. The first kappa shape index (κ1) is 19.8. The summed E-state index contributed by atoms with van der Waals surface area (Å²) in [5, 5.41) is 3.87. The molecule has 2 aromatic carbocycles. The highest BCUT2D eigenvalue weighted by Gasteiger charge is 2.15. The van der Waals surface area contributed by atoms with Gasteiger partial charge in [0, 0.05) is 0 Å². The number of hydrazone groups is 1. The van der Waals surface area contributed by atoms with E-state index >= 15 is 0 Å². The third-order valence-corrected chi connectivity index (χ3v) is 5.03. The van der Waals surface area contributed by atoms with Crippen molar-refractivity contribution >= 4 is 16.2 Å². The van der Waals surface area contributed by atoms with Crippen LogP contribution in [0.15, 0.2) is 46.4 Å². The van der Waals surface area contributed by atoms with Crippen molar-refractivity contribution in [2.24, 2.45) is 5.10 Å². The van der Waals surface area contributed by atoms with Gasteiger partial charge in [-0.05, 0) is 61.2 Å². The van der Waals surface area contributed by atoms with Crippen LogP contribution < -0.4 is 14.3 Å². The molecule has 0 bridgehead atoms. The Morgan fingerprint density at radius 2 is 1.88 bits per heavy atom. The minimum Gasteiger partial charge on any atom is -0.493 e. The molecule has 0 saturated carbocycles. The van der Waals surface area contributed by atoms with Gasteiger partial charge >= 0.3 is 0 Å². The number of ether oxygens (including phenoxy) is 2. The van der Waals surface area contributed by atoms with Crippen LogP contribution in [0.5, 0.6) is 11.5 Å². The second kappa shape index (κ2) is 8.71. The Hall–Kier alpha value is -2.54. The van der Waals surface area contributed by atoms with Crippen LogP contribution in [0.4, 0.5) is 0 Å². The summed E-state index contributed by atoms with van der Waals surface area (Å²) in [4.78, 5) is 2.47. The van der Waals surface area contributed by atoms with E-state index in [0.717, 1.165) is 12.0 Å². The first-order valence-electron chi connectivity index (χ1n) is 8.30. The number of benzene rings is 2. The van der Waals surface area contributed by atoms with Crippen molar-refractivity contribution in [2.45, 2.75) is 32.1 Å². The monoisotopic (exact) mass is 376 g/mol. The molecule has 140 valence electrons. The number of methoxy groups -OCH3 is 1. The molecule has 0 saturated heterocycles. The topological polar surface area (TPSA) is 77.0 Å². The largest absolute Gasteiger partial charge is 0.493 e. The number of hydrogen-bond acceptors (Lipinski definition) is 5. The molecule has 0 aromatic heterocycles. The number of aryl methyl sites for hydroxylation is 2. The summed E-state index contributed by atoms with van der Waals surface area (Å²) in [5.74, 6) is 1.21. The molecule has 0 fully saturated rings. The summed E-state index contributed by atoms with van der Waals surface area (Å²) >= 11 is 0. The SMILES string of the molecule is CCCOc1ccc(/C=N\NS(=O)(=O)c2cc(C)ccc2C)cc1OC. The minimum absolute atomic E-state index is 0.218. The maximum absolute atomic E-state index is 12.4. The Labute approximate surface area is 154 Å². The van der Waals surface area contributed by atoms with E-state index in [2.05, 4.69) is 9.93 Å². The molecule has 7 heteroatoms. The van der Waals surface area contributed by atoms with E-state index in [4.69, 9.17) is 9.47 Å². The van der Waals surface area contributed by atoms with E-state index < -0.39 is 10.0 Å². The molecule has 0 heterocycles. The lowest BCUT2D eigenvalue weighted by Gasteiger charge is -2.10. The quantitative estimate of drug-likeness (QED) is 0.566. The normalized spacial score (nSPS) is 11.5. The first-order chi connectivity index (χ1) is 12.4. The molecule has 0 amide bonds. The predicted molar refractivity (Wildman–Crippen MR) is 103 cm³/mol. The van der Waals surface area contributed by atoms with E-state index in [0.29, 0.717) is 29.2 Å². The van der Waals surface area contributed by atoms with Crippen molar-refractivity contribution < 1.29 is 17.9 Å². The second-order valence-corrected chi connectivity index (χ2v) is 7.51. The molecule has 0 radical (unpaired) electrons. The van der Waals surface area contributed by atoms with Gasteiger partial charge in [0.15, 0.2) is 11.5 Å². The van der Waals surface area contributed by atoms with Crippen molar-refractivity contribution in [3.8, 4) is 11.5 Å². The van der Waals surface area contributed by atoms with Crippen LogP contribution in [0.3, 0.4) is 0 Å². The van der Waals surface area contributed by atoms with Gasteiger partial charge < -0.3 is 9.47 Å². The van der Waals surface area contributed by atoms with E-state index in [1.54, 1.807) is 44.4 Å². The fourth-order valence-electron chi connectivity index (χ4n) is 2.31. The first-order valence-corrected chi connectivity index (χ1v) is 9.78. The summed E-state index contributed by atoms with van der Waals surface area (Å²) in [6, 6.07) is 10.6. The van der Waals surface area contributed by atoms with Gasteiger partial charge in [-0.15, -0.1) is 0 Å². The summed E-state index contributed by atoms with van der Waals surface area (Å²) in [5.41, 5.74) is 2.22. The van der Waals surface area contributed by atoms with Crippen LogP contribution in [0, 0.1) is 13.8 Å². The molecule has 0 atom stereocenters. The minimum atomic E-state index is -3.72. The van der Waals surface area contributed by atoms with Gasteiger partial charge in [0.25, 0.3) is 10.0 Å². The van der Waals surface area contributed by atoms with E-state index in [1.807, 2.05) is 19.9 Å². The second-order valence-electron chi connectivity index (χ2n) is 5.88. The van der Waals surface area contributed by atoms with Crippen LogP contribution in [0.2, 0.25) is 0 Å². The van der Waals surface area contributed by atoms with E-state index in [-0.39, 0.29) is 4.90 Å². The smallest absolute Gasteiger partial charge is 0.276 e. The van der Waals surface area contributed by atoms with E-state index in [9.17, 15) is 8.42 Å². The van der Waals surface area contributed by atoms with Crippen molar-refractivity contribution in [3.63, 3.8) is 0 Å². The third-order valence-electron chi connectivity index (χ3n) is 3.67. The molecule has 1 N–H and O–H groups in total. The van der Waals surface area contributed by atoms with Crippen molar-refractivity contribution in [1.29, 1.82) is 0 Å². The molecule has 6 nitrogen and oxygen atoms in total. The van der Waals surface area contributed by atoms with Gasteiger partial charge in [-0.25, -0.2) is 4.83 Å². The predicted octanol–water partition coefficient (Wildman–Crippen LogP) is 3.41. The maximum atomic E-state index is 12.4. The van der Waals surface area contributed by atoms with Crippen LogP contribution in [0.25, 0.3) is 0 Å². The van der Waals surface area contributed by atoms with Crippen molar-refractivity contribution in [3.05, 3.63) is 53.1 Å².